The number of hydrogen-bond donors (Lipinski definition) is 0. The molecule has 2 atom stereocenters. The van der Waals surface area contributed by atoms with Gasteiger partial charge in [-0.25, -0.2) is 19.6 Å². The van der Waals surface area contributed by atoms with Crippen molar-refractivity contribution >= 4 is 0 Å². The number of aromatic nitrogens is 6. The summed E-state index contributed by atoms with van der Waals surface area (Å²) in [6, 6.07) is 9.14. The molecule has 0 fully saturated rings. The van der Waals surface area contributed by atoms with Crippen LogP contribution in [0, 0.1) is 6.92 Å². The summed E-state index contributed by atoms with van der Waals surface area (Å²) in [6.45, 7) is 2.26. The van der Waals surface area contributed by atoms with Gasteiger partial charge in [-0.05, 0) is 37.1 Å². The fourth-order valence-electron chi connectivity index (χ4n) is 4.44. The van der Waals surface area contributed by atoms with Gasteiger partial charge >= 0.3 is 6.18 Å². The Bertz CT molecular complexity index is 1360. The Labute approximate surface area is 199 Å². The van der Waals surface area contributed by atoms with Crippen LogP contribution in [0.5, 0.6) is 5.88 Å². The molecule has 0 N–H and O–H groups in total. The summed E-state index contributed by atoms with van der Waals surface area (Å²) >= 11 is 0. The Morgan fingerprint density at radius 2 is 1.86 bits per heavy atom. The second kappa shape index (κ2) is 8.81. The summed E-state index contributed by atoms with van der Waals surface area (Å²) in [6.07, 6.45) is -0.925. The number of nitrogens with zero attached hydrogens (tertiary/aromatic N) is 6. The van der Waals surface area contributed by atoms with Crippen molar-refractivity contribution in [1.29, 1.82) is 0 Å². The van der Waals surface area contributed by atoms with Gasteiger partial charge in [0.05, 0.1) is 37.3 Å². The maximum atomic E-state index is 13.8. The largest absolute Gasteiger partial charge is 0.479 e. The number of benzene rings is 1. The van der Waals surface area contributed by atoms with Crippen molar-refractivity contribution in [2.45, 2.75) is 38.1 Å². The molecule has 1 aromatic carbocycles. The van der Waals surface area contributed by atoms with Gasteiger partial charge in [0.2, 0.25) is 5.88 Å². The number of hydrogen-bond acceptors (Lipinski definition) is 6. The lowest BCUT2D eigenvalue weighted by molar-refractivity contribution is -0.138. The Balaban J connectivity index is 1.58. The molecule has 35 heavy (non-hydrogen) atoms. The first-order chi connectivity index (χ1) is 16.8. The summed E-state index contributed by atoms with van der Waals surface area (Å²) in [4.78, 5) is 13.4. The van der Waals surface area contributed by atoms with Crippen molar-refractivity contribution in [3.63, 3.8) is 0 Å². The highest BCUT2D eigenvalue weighted by atomic mass is 19.4. The highest BCUT2D eigenvalue weighted by molar-refractivity contribution is 5.55. The van der Waals surface area contributed by atoms with Crippen LogP contribution in [-0.2, 0) is 17.5 Å². The minimum atomic E-state index is -4.49. The van der Waals surface area contributed by atoms with Gasteiger partial charge in [-0.2, -0.15) is 13.2 Å². The fourth-order valence-corrected chi connectivity index (χ4v) is 4.44. The van der Waals surface area contributed by atoms with Gasteiger partial charge < -0.3 is 14.0 Å². The average Bonchev–Trinajstić information content (AvgIpc) is 3.48. The first kappa shape index (κ1) is 23.0. The van der Waals surface area contributed by atoms with Gasteiger partial charge in [0.25, 0.3) is 0 Å². The van der Waals surface area contributed by atoms with E-state index in [1.165, 1.54) is 19.2 Å². The molecule has 0 amide bonds. The maximum absolute atomic E-state index is 13.8. The molecule has 0 aliphatic carbocycles. The highest BCUT2D eigenvalue weighted by Crippen LogP contribution is 2.41. The van der Waals surface area contributed by atoms with E-state index in [9.17, 15) is 13.2 Å². The molecule has 0 spiro atoms. The second-order valence-electron chi connectivity index (χ2n) is 8.35. The van der Waals surface area contributed by atoms with Crippen LogP contribution in [0.3, 0.4) is 0 Å². The SMILES string of the molecule is COc1nc(-c2nc3n(n2)C[C@H](OC)C[C@@H]3c2ccccc2C(F)(F)F)ccc1-n1cnc(C)c1. The van der Waals surface area contributed by atoms with E-state index in [1.807, 2.05) is 19.2 Å². The van der Waals surface area contributed by atoms with Crippen LogP contribution < -0.4 is 4.74 Å². The van der Waals surface area contributed by atoms with Crippen molar-refractivity contribution in [3.8, 4) is 23.1 Å². The van der Waals surface area contributed by atoms with Crippen molar-refractivity contribution < 1.29 is 22.6 Å². The smallest absolute Gasteiger partial charge is 0.416 e. The molecule has 1 aliphatic rings. The molecule has 3 aromatic heterocycles. The Kier molecular flexibility index (Phi) is 5.79. The van der Waals surface area contributed by atoms with Gasteiger partial charge in [0.15, 0.2) is 5.82 Å². The summed E-state index contributed by atoms with van der Waals surface area (Å²) in [5.74, 6) is 0.460. The first-order valence-electron chi connectivity index (χ1n) is 11.0. The number of aryl methyl sites for hydroxylation is 1. The van der Waals surface area contributed by atoms with Crippen molar-refractivity contribution in [1.82, 2.24) is 29.3 Å². The monoisotopic (exact) mass is 484 g/mol. The van der Waals surface area contributed by atoms with Gasteiger partial charge in [0.1, 0.15) is 17.2 Å². The van der Waals surface area contributed by atoms with E-state index in [4.69, 9.17) is 9.47 Å². The van der Waals surface area contributed by atoms with Crippen LogP contribution in [0.4, 0.5) is 13.2 Å². The van der Waals surface area contributed by atoms with E-state index in [0.29, 0.717) is 41.9 Å². The molecule has 0 unspecified atom stereocenters. The number of rotatable bonds is 5. The fraction of sp³-hybridized carbons (Fsp3) is 0.333. The molecule has 1 aliphatic heterocycles. The van der Waals surface area contributed by atoms with Gasteiger partial charge in [0, 0.05) is 19.2 Å². The average molecular weight is 484 g/mol. The number of alkyl halides is 3. The van der Waals surface area contributed by atoms with Gasteiger partial charge in [-0.3, -0.25) is 0 Å². The van der Waals surface area contributed by atoms with E-state index in [1.54, 1.807) is 34.8 Å². The quantitative estimate of drug-likeness (QED) is 0.418. The molecule has 0 saturated heterocycles. The number of methoxy groups -OCH3 is 2. The van der Waals surface area contributed by atoms with Crippen LogP contribution in [0.1, 0.15) is 35.0 Å². The summed E-state index contributed by atoms with van der Waals surface area (Å²) in [5, 5.41) is 4.58. The van der Waals surface area contributed by atoms with Crippen LogP contribution in [0.15, 0.2) is 48.9 Å². The lowest BCUT2D eigenvalue weighted by Gasteiger charge is -2.30. The van der Waals surface area contributed by atoms with Crippen LogP contribution in [0.2, 0.25) is 0 Å². The van der Waals surface area contributed by atoms with Crippen molar-refractivity contribution in [3.05, 3.63) is 71.6 Å². The molecular formula is C24H23F3N6O2. The van der Waals surface area contributed by atoms with E-state index in [2.05, 4.69) is 20.1 Å². The highest BCUT2D eigenvalue weighted by Gasteiger charge is 2.39. The first-order valence-corrected chi connectivity index (χ1v) is 11.0. The molecule has 0 bridgehead atoms. The molecule has 0 radical (unpaired) electrons. The molecular weight excluding hydrogens is 461 g/mol. The standard InChI is InChI=1S/C24H23F3N6O2/c1-14-11-32(13-28-14)20-9-8-19(29-23(20)35-3)21-30-22-17(10-15(34-2)12-33(22)31-21)16-6-4-5-7-18(16)24(25,26)27/h4-9,11,13,15,17H,10,12H2,1-3H3/t15-,17-/m1/s1. The minimum Gasteiger partial charge on any atom is -0.479 e. The number of fused-ring (bicyclic) bond motifs is 1. The zero-order valence-electron chi connectivity index (χ0n) is 19.3. The predicted octanol–water partition coefficient (Wildman–Crippen LogP) is 4.41. The number of imidazole rings is 1. The zero-order valence-corrected chi connectivity index (χ0v) is 19.3. The third kappa shape index (κ3) is 4.27. The molecule has 4 heterocycles. The van der Waals surface area contributed by atoms with Crippen LogP contribution in [0.25, 0.3) is 17.2 Å². The summed E-state index contributed by atoms with van der Waals surface area (Å²) in [7, 11) is 3.06. The van der Waals surface area contributed by atoms with Crippen molar-refractivity contribution in [2.24, 2.45) is 0 Å². The molecule has 0 saturated carbocycles. The molecule has 182 valence electrons. The van der Waals surface area contributed by atoms with E-state index >= 15 is 0 Å². The van der Waals surface area contributed by atoms with Gasteiger partial charge in [-0.1, -0.05) is 18.2 Å². The second-order valence-corrected chi connectivity index (χ2v) is 8.35. The van der Waals surface area contributed by atoms with Gasteiger partial charge in [-0.15, -0.1) is 5.10 Å². The molecule has 5 rings (SSSR count). The van der Waals surface area contributed by atoms with Crippen LogP contribution in [-0.4, -0.2) is 49.6 Å². The normalized spacial score (nSPS) is 17.9. The molecule has 11 heteroatoms. The maximum Gasteiger partial charge on any atom is 0.416 e. The van der Waals surface area contributed by atoms with Crippen LogP contribution >= 0.6 is 0 Å². The number of halogens is 3. The van der Waals surface area contributed by atoms with E-state index < -0.39 is 17.7 Å². The third-order valence-electron chi connectivity index (χ3n) is 6.11. The summed E-state index contributed by atoms with van der Waals surface area (Å²) in [5.41, 5.74) is 1.45. The van der Waals surface area contributed by atoms with E-state index in [-0.39, 0.29) is 11.7 Å². The third-order valence-corrected chi connectivity index (χ3v) is 6.11. The molecule has 4 aromatic rings. The lowest BCUT2D eigenvalue weighted by atomic mass is 9.86. The summed E-state index contributed by atoms with van der Waals surface area (Å²) < 4.78 is 55.8. The van der Waals surface area contributed by atoms with E-state index in [0.717, 1.165) is 11.8 Å². The van der Waals surface area contributed by atoms with Crippen molar-refractivity contribution in [2.75, 3.05) is 14.2 Å². The Hall–Kier alpha value is -3.73. The minimum absolute atomic E-state index is 0.151. The Morgan fingerprint density at radius 3 is 2.54 bits per heavy atom. The topological polar surface area (TPSA) is 79.9 Å². The predicted molar refractivity (Wildman–Crippen MR) is 120 cm³/mol. The molecule has 8 nitrogen and oxygen atoms in total. The lowest BCUT2D eigenvalue weighted by Crippen LogP contribution is -2.31. The number of ether oxygens (including phenoxy) is 2. The zero-order chi connectivity index (χ0) is 24.7. The number of pyridine rings is 1. The Morgan fingerprint density at radius 1 is 1.06 bits per heavy atom.